The smallest absolute Gasteiger partial charge is 0.336 e. The largest absolute Gasteiger partial charge is 0.478 e. The minimum Gasteiger partial charge on any atom is -0.478 e. The molecule has 0 saturated heterocycles. The maximum Gasteiger partial charge on any atom is 0.336 e. The van der Waals surface area contributed by atoms with E-state index in [1.165, 1.54) is 11.8 Å². The van der Waals surface area contributed by atoms with Crippen LogP contribution in [0.4, 0.5) is 0 Å². The lowest BCUT2D eigenvalue weighted by atomic mass is 10.2. The van der Waals surface area contributed by atoms with Crippen molar-refractivity contribution in [3.05, 3.63) is 57.3 Å². The zero-order valence-corrected chi connectivity index (χ0v) is 12.8. The first-order valence-electron chi connectivity index (χ1n) is 5.32. The SMILES string of the molecule is O=C(O)c1ccc(Br)cc1SCc1ccnc(Cl)c1. The number of benzene rings is 1. The summed E-state index contributed by atoms with van der Waals surface area (Å²) in [6.07, 6.45) is 1.64. The maximum absolute atomic E-state index is 11.1. The van der Waals surface area contributed by atoms with Gasteiger partial charge in [0.1, 0.15) is 5.15 Å². The molecule has 98 valence electrons. The Bertz CT molecular complexity index is 621. The number of thioether (sulfide) groups is 1. The number of hydrogen-bond donors (Lipinski definition) is 1. The zero-order chi connectivity index (χ0) is 13.8. The van der Waals surface area contributed by atoms with Crippen molar-refractivity contribution in [2.45, 2.75) is 10.6 Å². The Kier molecular flexibility index (Phi) is 4.85. The Morgan fingerprint density at radius 3 is 2.84 bits per heavy atom. The lowest BCUT2D eigenvalue weighted by molar-refractivity contribution is 0.0693. The standard InChI is InChI=1S/C13H9BrClNO2S/c14-9-1-2-10(13(17)18)11(6-9)19-7-8-3-4-16-12(15)5-8/h1-6H,7H2,(H,17,18). The summed E-state index contributed by atoms with van der Waals surface area (Å²) in [6, 6.07) is 8.74. The van der Waals surface area contributed by atoms with Gasteiger partial charge in [-0.1, -0.05) is 27.5 Å². The van der Waals surface area contributed by atoms with Gasteiger partial charge in [0.2, 0.25) is 0 Å². The Morgan fingerprint density at radius 2 is 2.16 bits per heavy atom. The van der Waals surface area contributed by atoms with Crippen LogP contribution in [0.5, 0.6) is 0 Å². The molecule has 0 fully saturated rings. The average Bonchev–Trinajstić information content (AvgIpc) is 2.36. The monoisotopic (exact) mass is 357 g/mol. The van der Waals surface area contributed by atoms with E-state index in [0.717, 1.165) is 14.9 Å². The van der Waals surface area contributed by atoms with E-state index in [0.29, 0.717) is 16.5 Å². The van der Waals surface area contributed by atoms with Gasteiger partial charge in [0.25, 0.3) is 0 Å². The third-order valence-corrected chi connectivity index (χ3v) is 4.19. The van der Waals surface area contributed by atoms with Crippen LogP contribution in [0.1, 0.15) is 15.9 Å². The molecular weight excluding hydrogens is 350 g/mol. The van der Waals surface area contributed by atoms with E-state index >= 15 is 0 Å². The first-order chi connectivity index (χ1) is 9.06. The Balaban J connectivity index is 2.19. The number of aromatic nitrogens is 1. The van der Waals surface area contributed by atoms with Gasteiger partial charge in [-0.05, 0) is 35.9 Å². The minimum atomic E-state index is -0.928. The lowest BCUT2D eigenvalue weighted by Gasteiger charge is -2.06. The van der Waals surface area contributed by atoms with E-state index in [9.17, 15) is 4.79 Å². The summed E-state index contributed by atoms with van der Waals surface area (Å²) < 4.78 is 0.854. The number of carboxylic acids is 1. The molecule has 0 spiro atoms. The Morgan fingerprint density at radius 1 is 1.37 bits per heavy atom. The fraction of sp³-hybridized carbons (Fsp3) is 0.0769. The fourth-order valence-corrected chi connectivity index (χ4v) is 3.22. The van der Waals surface area contributed by atoms with Crippen LogP contribution in [0.15, 0.2) is 45.9 Å². The first-order valence-corrected chi connectivity index (χ1v) is 7.48. The van der Waals surface area contributed by atoms with Crippen LogP contribution in [-0.4, -0.2) is 16.1 Å². The Labute approximate surface area is 128 Å². The number of carboxylic acid groups (broad SMARTS) is 1. The molecule has 3 nitrogen and oxygen atoms in total. The number of nitrogens with zero attached hydrogens (tertiary/aromatic N) is 1. The van der Waals surface area contributed by atoms with Crippen LogP contribution in [0.3, 0.4) is 0 Å². The van der Waals surface area contributed by atoms with Crippen molar-refractivity contribution in [2.75, 3.05) is 0 Å². The Hall–Kier alpha value is -1.04. The topological polar surface area (TPSA) is 50.2 Å². The molecule has 6 heteroatoms. The van der Waals surface area contributed by atoms with Crippen LogP contribution in [0.2, 0.25) is 5.15 Å². The van der Waals surface area contributed by atoms with Crippen LogP contribution in [0, 0.1) is 0 Å². The highest BCUT2D eigenvalue weighted by Gasteiger charge is 2.11. The summed E-state index contributed by atoms with van der Waals surface area (Å²) in [7, 11) is 0. The van der Waals surface area contributed by atoms with Gasteiger partial charge in [0, 0.05) is 21.3 Å². The molecule has 1 aromatic carbocycles. The van der Waals surface area contributed by atoms with Gasteiger partial charge in [-0.25, -0.2) is 9.78 Å². The van der Waals surface area contributed by atoms with Gasteiger partial charge in [0.05, 0.1) is 5.56 Å². The van der Waals surface area contributed by atoms with Crippen molar-refractivity contribution in [3.8, 4) is 0 Å². The van der Waals surface area contributed by atoms with Gasteiger partial charge < -0.3 is 5.11 Å². The summed E-state index contributed by atoms with van der Waals surface area (Å²) in [4.78, 5) is 15.8. The van der Waals surface area contributed by atoms with Gasteiger partial charge in [-0.2, -0.15) is 0 Å². The van der Waals surface area contributed by atoms with Gasteiger partial charge >= 0.3 is 5.97 Å². The van der Waals surface area contributed by atoms with Crippen molar-refractivity contribution in [2.24, 2.45) is 0 Å². The molecular formula is C13H9BrClNO2S. The molecule has 0 radical (unpaired) electrons. The maximum atomic E-state index is 11.1. The van der Waals surface area contributed by atoms with E-state index in [-0.39, 0.29) is 0 Å². The lowest BCUT2D eigenvalue weighted by Crippen LogP contribution is -1.98. The van der Waals surface area contributed by atoms with E-state index in [2.05, 4.69) is 20.9 Å². The van der Waals surface area contributed by atoms with Gasteiger partial charge in [-0.3, -0.25) is 0 Å². The van der Waals surface area contributed by atoms with Crippen molar-refractivity contribution in [3.63, 3.8) is 0 Å². The molecule has 0 unspecified atom stereocenters. The summed E-state index contributed by atoms with van der Waals surface area (Å²) in [6.45, 7) is 0. The molecule has 0 bridgehead atoms. The molecule has 0 aliphatic rings. The summed E-state index contributed by atoms with van der Waals surface area (Å²) in [5.74, 6) is -0.290. The number of hydrogen-bond acceptors (Lipinski definition) is 3. The summed E-state index contributed by atoms with van der Waals surface area (Å²) >= 11 is 10.6. The number of carbonyl (C=O) groups is 1. The fourth-order valence-electron chi connectivity index (χ4n) is 1.49. The molecule has 2 rings (SSSR count). The van der Waals surface area contributed by atoms with E-state index < -0.39 is 5.97 Å². The van der Waals surface area contributed by atoms with Crippen molar-refractivity contribution >= 4 is 45.3 Å². The molecule has 0 amide bonds. The van der Waals surface area contributed by atoms with Crippen LogP contribution < -0.4 is 0 Å². The highest BCUT2D eigenvalue weighted by molar-refractivity contribution is 9.10. The third-order valence-electron chi connectivity index (χ3n) is 2.36. The molecule has 1 N–H and O–H groups in total. The normalized spacial score (nSPS) is 10.4. The van der Waals surface area contributed by atoms with Crippen molar-refractivity contribution in [1.82, 2.24) is 4.98 Å². The first kappa shape index (κ1) is 14.4. The van der Waals surface area contributed by atoms with Crippen LogP contribution >= 0.6 is 39.3 Å². The second kappa shape index (κ2) is 6.41. The quantitative estimate of drug-likeness (QED) is 0.646. The van der Waals surface area contributed by atoms with Gasteiger partial charge in [-0.15, -0.1) is 11.8 Å². The number of halogens is 2. The van der Waals surface area contributed by atoms with Crippen LogP contribution in [0.25, 0.3) is 0 Å². The van der Waals surface area contributed by atoms with E-state index in [4.69, 9.17) is 16.7 Å². The summed E-state index contributed by atoms with van der Waals surface area (Å²) in [5, 5.41) is 9.57. The van der Waals surface area contributed by atoms with E-state index in [1.807, 2.05) is 6.07 Å². The predicted molar refractivity (Wildman–Crippen MR) is 79.9 cm³/mol. The number of aromatic carboxylic acids is 1. The minimum absolute atomic E-state index is 0.299. The number of rotatable bonds is 4. The number of pyridine rings is 1. The van der Waals surface area contributed by atoms with Crippen molar-refractivity contribution in [1.29, 1.82) is 0 Å². The summed E-state index contributed by atoms with van der Waals surface area (Å²) in [5.41, 5.74) is 1.30. The molecule has 19 heavy (non-hydrogen) atoms. The molecule has 0 aliphatic carbocycles. The van der Waals surface area contributed by atoms with Gasteiger partial charge in [0.15, 0.2) is 0 Å². The molecule has 2 aromatic rings. The predicted octanol–water partition coefficient (Wildman–Crippen LogP) is 4.49. The van der Waals surface area contributed by atoms with E-state index in [1.54, 1.807) is 30.5 Å². The molecule has 1 aromatic heterocycles. The van der Waals surface area contributed by atoms with Crippen LogP contribution in [-0.2, 0) is 5.75 Å². The second-order valence-electron chi connectivity index (χ2n) is 3.72. The highest BCUT2D eigenvalue weighted by Crippen LogP contribution is 2.29. The zero-order valence-electron chi connectivity index (χ0n) is 9.64. The third kappa shape index (κ3) is 3.96. The molecule has 0 aliphatic heterocycles. The molecule has 0 saturated carbocycles. The highest BCUT2D eigenvalue weighted by atomic mass is 79.9. The second-order valence-corrected chi connectivity index (χ2v) is 6.04. The average molecular weight is 359 g/mol. The molecule has 0 atom stereocenters. The molecule has 1 heterocycles. The van der Waals surface area contributed by atoms with Crippen molar-refractivity contribution < 1.29 is 9.90 Å².